The molecule has 1 aromatic heterocycles. The summed E-state index contributed by atoms with van der Waals surface area (Å²) < 4.78 is 28.7. The van der Waals surface area contributed by atoms with Crippen LogP contribution in [0.15, 0.2) is 53.5 Å². The Morgan fingerprint density at radius 2 is 1.83 bits per heavy atom. The van der Waals surface area contributed by atoms with Crippen molar-refractivity contribution >= 4 is 11.6 Å². The van der Waals surface area contributed by atoms with Crippen molar-refractivity contribution in [2.45, 2.75) is 18.8 Å². The van der Waals surface area contributed by atoms with E-state index in [-0.39, 0.29) is 18.1 Å². The highest BCUT2D eigenvalue weighted by atomic mass is 19.1. The number of ether oxygens (including phenoxy) is 2. The second-order valence-electron chi connectivity index (χ2n) is 9.33. The van der Waals surface area contributed by atoms with Crippen LogP contribution in [0.4, 0.5) is 10.1 Å². The Morgan fingerprint density at radius 1 is 1.00 bits per heavy atom. The van der Waals surface area contributed by atoms with Gasteiger partial charge in [0.15, 0.2) is 11.4 Å². The maximum atomic E-state index is 15.4. The molecule has 1 N–H and O–H groups in total. The first-order valence-corrected chi connectivity index (χ1v) is 11.9. The fourth-order valence-corrected chi connectivity index (χ4v) is 5.92. The number of para-hydroxylation sites is 1. The van der Waals surface area contributed by atoms with Crippen LogP contribution in [0.5, 0.6) is 11.5 Å². The molecule has 2 unspecified atom stereocenters. The predicted octanol–water partition coefficient (Wildman–Crippen LogP) is 1.95. The van der Waals surface area contributed by atoms with Gasteiger partial charge in [0.25, 0.3) is 5.91 Å². The van der Waals surface area contributed by atoms with E-state index >= 15 is 4.39 Å². The Balaban J connectivity index is 1.56. The Labute approximate surface area is 205 Å². The molecule has 1 amide bonds. The van der Waals surface area contributed by atoms with Gasteiger partial charge in [0, 0.05) is 36.5 Å². The minimum absolute atomic E-state index is 0.110. The van der Waals surface area contributed by atoms with E-state index in [1.165, 1.54) is 23.0 Å². The molecule has 5 heterocycles. The number of fused-ring (bicyclic) bond motifs is 3. The summed E-state index contributed by atoms with van der Waals surface area (Å²) in [5, 5.41) is 12.6. The summed E-state index contributed by atoms with van der Waals surface area (Å²) in [6.07, 6.45) is 0.947. The number of benzene rings is 2. The lowest BCUT2D eigenvalue weighted by Crippen LogP contribution is -2.66. The molecular formula is C26H23FN4O5. The molecule has 10 heteroatoms. The summed E-state index contributed by atoms with van der Waals surface area (Å²) in [6.45, 7) is 2.32. The molecule has 36 heavy (non-hydrogen) atoms. The number of rotatable bonds is 1. The van der Waals surface area contributed by atoms with Crippen LogP contribution in [0.2, 0.25) is 0 Å². The van der Waals surface area contributed by atoms with Crippen molar-refractivity contribution in [3.63, 3.8) is 0 Å². The number of aromatic nitrogens is 1. The van der Waals surface area contributed by atoms with Crippen LogP contribution in [-0.4, -0.2) is 59.7 Å². The van der Waals surface area contributed by atoms with Gasteiger partial charge >= 0.3 is 0 Å². The van der Waals surface area contributed by atoms with Crippen molar-refractivity contribution in [3.8, 4) is 11.5 Å². The van der Waals surface area contributed by atoms with Crippen LogP contribution in [0, 0.1) is 5.82 Å². The molecule has 0 spiro atoms. The van der Waals surface area contributed by atoms with Crippen molar-refractivity contribution in [1.82, 2.24) is 9.58 Å². The molecule has 0 saturated carbocycles. The lowest BCUT2D eigenvalue weighted by molar-refractivity contribution is -0.0197. The normalized spacial score (nSPS) is 22.1. The minimum atomic E-state index is -0.634. The van der Waals surface area contributed by atoms with E-state index in [0.29, 0.717) is 44.2 Å². The molecule has 4 aliphatic heterocycles. The minimum Gasteiger partial charge on any atom is -0.502 e. The topological polar surface area (TPSA) is 87.5 Å². The van der Waals surface area contributed by atoms with E-state index in [1.54, 1.807) is 11.0 Å². The van der Waals surface area contributed by atoms with Crippen molar-refractivity contribution in [3.05, 3.63) is 87.1 Å². The standard InChI is InChI=1S/C26H23FN4O5/c27-18-5-1-3-15-17(18)13-28-9-12-36-20-6-2-4-16(23(20)28)22(15)31-21-14-35-11-10-29(21)26(34)24-25(33)19(32)7-8-30(24)31/h1-8,21-22,33H,9-14H2. The van der Waals surface area contributed by atoms with E-state index in [0.717, 1.165) is 16.8 Å². The molecule has 0 bridgehead atoms. The highest BCUT2D eigenvalue weighted by Crippen LogP contribution is 2.47. The molecule has 2 aromatic carbocycles. The second-order valence-corrected chi connectivity index (χ2v) is 9.33. The van der Waals surface area contributed by atoms with Gasteiger partial charge in [-0.15, -0.1) is 0 Å². The molecule has 184 valence electrons. The molecule has 2 atom stereocenters. The molecule has 1 fully saturated rings. The SMILES string of the molecule is O=C1c2c(O)c(=O)ccn2N(C2c3cccc(F)c3CN3CCOc4cccc2c43)C2COCCN12. The van der Waals surface area contributed by atoms with Crippen LogP contribution >= 0.6 is 0 Å². The maximum Gasteiger partial charge on any atom is 0.278 e. The zero-order chi connectivity index (χ0) is 24.6. The summed E-state index contributed by atoms with van der Waals surface area (Å²) in [5.41, 5.74) is 2.29. The van der Waals surface area contributed by atoms with Gasteiger partial charge < -0.3 is 24.4 Å². The Bertz CT molecular complexity index is 1470. The smallest absolute Gasteiger partial charge is 0.278 e. The van der Waals surface area contributed by atoms with Gasteiger partial charge in [-0.25, -0.2) is 4.39 Å². The van der Waals surface area contributed by atoms with Gasteiger partial charge in [0.05, 0.1) is 25.4 Å². The summed E-state index contributed by atoms with van der Waals surface area (Å²) in [6, 6.07) is 11.5. The number of anilines is 1. The summed E-state index contributed by atoms with van der Waals surface area (Å²) in [7, 11) is 0. The van der Waals surface area contributed by atoms with Gasteiger partial charge in [-0.2, -0.15) is 0 Å². The summed E-state index contributed by atoms with van der Waals surface area (Å²) in [4.78, 5) is 29.6. The summed E-state index contributed by atoms with van der Waals surface area (Å²) >= 11 is 0. The first kappa shape index (κ1) is 21.3. The molecule has 4 aliphatic rings. The Hall–Kier alpha value is -4.05. The van der Waals surface area contributed by atoms with Crippen LogP contribution in [0.1, 0.15) is 33.2 Å². The largest absolute Gasteiger partial charge is 0.502 e. The number of morpholine rings is 1. The fraction of sp³-hybridized carbons (Fsp3) is 0.308. The van der Waals surface area contributed by atoms with E-state index in [4.69, 9.17) is 9.47 Å². The number of carbonyl (C=O) groups is 1. The average Bonchev–Trinajstić information content (AvgIpc) is 3.03. The number of halogens is 1. The van der Waals surface area contributed by atoms with E-state index in [2.05, 4.69) is 4.90 Å². The highest BCUT2D eigenvalue weighted by Gasteiger charge is 2.47. The Kier molecular flexibility index (Phi) is 4.56. The van der Waals surface area contributed by atoms with Crippen molar-refractivity contribution in [2.75, 3.05) is 42.8 Å². The van der Waals surface area contributed by atoms with Crippen LogP contribution < -0.4 is 20.1 Å². The predicted molar refractivity (Wildman–Crippen MR) is 127 cm³/mol. The number of amides is 1. The molecule has 0 aliphatic carbocycles. The van der Waals surface area contributed by atoms with Gasteiger partial charge in [0.1, 0.15) is 30.4 Å². The van der Waals surface area contributed by atoms with E-state index in [9.17, 15) is 14.7 Å². The number of carbonyl (C=O) groups excluding carboxylic acids is 1. The van der Waals surface area contributed by atoms with Crippen molar-refractivity contribution in [2.24, 2.45) is 0 Å². The van der Waals surface area contributed by atoms with Gasteiger partial charge in [-0.05, 0) is 17.7 Å². The van der Waals surface area contributed by atoms with Gasteiger partial charge in [0.2, 0.25) is 5.43 Å². The number of pyridine rings is 1. The number of nitrogens with zero attached hydrogens (tertiary/aromatic N) is 4. The quantitative estimate of drug-likeness (QED) is 0.558. The van der Waals surface area contributed by atoms with Gasteiger partial charge in [-0.1, -0.05) is 24.3 Å². The number of hydrogen-bond acceptors (Lipinski definition) is 7. The molecule has 0 radical (unpaired) electrons. The average molecular weight is 490 g/mol. The Morgan fingerprint density at radius 3 is 2.72 bits per heavy atom. The van der Waals surface area contributed by atoms with E-state index < -0.39 is 29.3 Å². The zero-order valence-electron chi connectivity index (χ0n) is 19.3. The zero-order valence-corrected chi connectivity index (χ0v) is 19.3. The third-order valence-electron chi connectivity index (χ3n) is 7.50. The summed E-state index contributed by atoms with van der Waals surface area (Å²) in [5.74, 6) is -0.649. The van der Waals surface area contributed by atoms with Crippen molar-refractivity contribution < 1.29 is 23.8 Å². The highest BCUT2D eigenvalue weighted by molar-refractivity contribution is 5.96. The monoisotopic (exact) mass is 490 g/mol. The molecular weight excluding hydrogens is 467 g/mol. The lowest BCUT2D eigenvalue weighted by atomic mass is 9.93. The maximum absolute atomic E-state index is 15.4. The van der Waals surface area contributed by atoms with Crippen molar-refractivity contribution in [1.29, 1.82) is 0 Å². The van der Waals surface area contributed by atoms with Crippen LogP contribution in [0.3, 0.4) is 0 Å². The molecule has 1 saturated heterocycles. The van der Waals surface area contributed by atoms with E-state index in [1.807, 2.05) is 29.3 Å². The second kappa shape index (κ2) is 7.72. The fourth-order valence-electron chi connectivity index (χ4n) is 5.92. The van der Waals surface area contributed by atoms with Crippen LogP contribution in [0.25, 0.3) is 0 Å². The number of aromatic hydroxyl groups is 1. The lowest BCUT2D eigenvalue weighted by Gasteiger charge is -2.51. The first-order chi connectivity index (χ1) is 17.5. The van der Waals surface area contributed by atoms with Crippen LogP contribution in [-0.2, 0) is 11.3 Å². The van der Waals surface area contributed by atoms with Gasteiger partial charge in [-0.3, -0.25) is 19.3 Å². The third-order valence-corrected chi connectivity index (χ3v) is 7.50. The number of hydrogen-bond donors (Lipinski definition) is 1. The molecule has 7 rings (SSSR count). The first-order valence-electron chi connectivity index (χ1n) is 11.9. The third kappa shape index (κ3) is 2.84. The molecule has 3 aromatic rings. The molecule has 9 nitrogen and oxygen atoms in total.